The standard InChI is InChI=1S/C17H19N3O4S2/c21-15(9-10-18-26(23,24)17-8-4-12-25-17)19-13-5-1-2-6-14(13)20-11-3-7-16(20)22/h1-2,4-6,8,12,18H,3,7,9-11H2,(H,19,21). The van der Waals surface area contributed by atoms with Gasteiger partial charge in [-0.3, -0.25) is 9.59 Å². The summed E-state index contributed by atoms with van der Waals surface area (Å²) >= 11 is 1.12. The molecule has 1 aromatic heterocycles. The van der Waals surface area contributed by atoms with E-state index in [1.807, 2.05) is 6.07 Å². The Balaban J connectivity index is 1.58. The minimum absolute atomic E-state index is 0.00310. The number of nitrogens with one attached hydrogen (secondary N) is 2. The lowest BCUT2D eigenvalue weighted by atomic mass is 10.2. The van der Waals surface area contributed by atoms with Crippen LogP contribution in [0.3, 0.4) is 0 Å². The Hall–Kier alpha value is -2.23. The fourth-order valence-corrected chi connectivity index (χ4v) is 4.79. The number of amides is 2. The van der Waals surface area contributed by atoms with Crippen LogP contribution in [0.5, 0.6) is 0 Å². The maximum atomic E-state index is 12.2. The van der Waals surface area contributed by atoms with E-state index in [1.165, 1.54) is 6.07 Å². The van der Waals surface area contributed by atoms with Gasteiger partial charge in [-0.05, 0) is 30.0 Å². The summed E-state index contributed by atoms with van der Waals surface area (Å²) in [4.78, 5) is 25.8. The molecule has 1 fully saturated rings. The molecule has 0 bridgehead atoms. The Morgan fingerprint density at radius 2 is 2.00 bits per heavy atom. The van der Waals surface area contributed by atoms with E-state index in [0.29, 0.717) is 24.3 Å². The van der Waals surface area contributed by atoms with Crippen LogP contribution >= 0.6 is 11.3 Å². The molecule has 0 spiro atoms. The van der Waals surface area contributed by atoms with Crippen LogP contribution in [0.2, 0.25) is 0 Å². The van der Waals surface area contributed by atoms with Crippen LogP contribution in [0.1, 0.15) is 19.3 Å². The van der Waals surface area contributed by atoms with Crippen LogP contribution in [-0.4, -0.2) is 33.3 Å². The van der Waals surface area contributed by atoms with Crippen LogP contribution in [-0.2, 0) is 19.6 Å². The fraction of sp³-hybridized carbons (Fsp3) is 0.294. The third kappa shape index (κ3) is 4.29. The largest absolute Gasteiger partial charge is 0.324 e. The first-order valence-corrected chi connectivity index (χ1v) is 10.6. The van der Waals surface area contributed by atoms with Crippen LogP contribution < -0.4 is 14.9 Å². The molecule has 0 radical (unpaired) electrons. The monoisotopic (exact) mass is 393 g/mol. The molecule has 0 saturated carbocycles. The van der Waals surface area contributed by atoms with E-state index >= 15 is 0 Å². The summed E-state index contributed by atoms with van der Waals surface area (Å²) in [7, 11) is -3.58. The lowest BCUT2D eigenvalue weighted by Gasteiger charge is -2.20. The van der Waals surface area contributed by atoms with Gasteiger partial charge in [0.1, 0.15) is 4.21 Å². The van der Waals surface area contributed by atoms with Crippen LogP contribution in [0.4, 0.5) is 11.4 Å². The first kappa shape index (κ1) is 18.6. The highest BCUT2D eigenvalue weighted by molar-refractivity contribution is 7.91. The number of rotatable bonds is 7. The highest BCUT2D eigenvalue weighted by Crippen LogP contribution is 2.29. The molecule has 0 atom stereocenters. The molecule has 1 aliphatic rings. The van der Waals surface area contributed by atoms with Gasteiger partial charge in [-0.15, -0.1) is 11.3 Å². The van der Waals surface area contributed by atoms with Crippen molar-refractivity contribution in [2.24, 2.45) is 0 Å². The van der Waals surface area contributed by atoms with E-state index in [0.717, 1.165) is 17.8 Å². The quantitative estimate of drug-likeness (QED) is 0.754. The average Bonchev–Trinajstić information content (AvgIpc) is 3.27. The van der Waals surface area contributed by atoms with Crippen molar-refractivity contribution in [3.8, 4) is 0 Å². The maximum Gasteiger partial charge on any atom is 0.250 e. The van der Waals surface area contributed by atoms with Crippen molar-refractivity contribution in [2.45, 2.75) is 23.5 Å². The minimum atomic E-state index is -3.58. The molecule has 2 heterocycles. The highest BCUT2D eigenvalue weighted by Gasteiger charge is 2.24. The third-order valence-electron chi connectivity index (χ3n) is 3.95. The van der Waals surface area contributed by atoms with Crippen molar-refractivity contribution in [3.63, 3.8) is 0 Å². The van der Waals surface area contributed by atoms with E-state index in [9.17, 15) is 18.0 Å². The Morgan fingerprint density at radius 3 is 2.69 bits per heavy atom. The Kier molecular flexibility index (Phi) is 5.70. The van der Waals surface area contributed by atoms with Crippen LogP contribution in [0, 0.1) is 0 Å². The number of nitrogens with zero attached hydrogens (tertiary/aromatic N) is 1. The number of anilines is 2. The number of benzene rings is 1. The Morgan fingerprint density at radius 1 is 1.19 bits per heavy atom. The molecular weight excluding hydrogens is 374 g/mol. The topological polar surface area (TPSA) is 95.6 Å². The van der Waals surface area contributed by atoms with Crippen LogP contribution in [0.25, 0.3) is 0 Å². The number of sulfonamides is 1. The first-order chi connectivity index (χ1) is 12.5. The molecule has 1 saturated heterocycles. The van der Waals surface area contributed by atoms with Gasteiger partial charge in [0.15, 0.2) is 0 Å². The lowest BCUT2D eigenvalue weighted by Crippen LogP contribution is -2.28. The van der Waals surface area contributed by atoms with Gasteiger partial charge in [0.2, 0.25) is 21.8 Å². The van der Waals surface area contributed by atoms with E-state index in [4.69, 9.17) is 0 Å². The van der Waals surface area contributed by atoms with Gasteiger partial charge in [0.25, 0.3) is 0 Å². The van der Waals surface area contributed by atoms with E-state index in [2.05, 4.69) is 10.0 Å². The van der Waals surface area contributed by atoms with Gasteiger partial charge in [0.05, 0.1) is 11.4 Å². The third-order valence-corrected chi connectivity index (χ3v) is 6.80. The van der Waals surface area contributed by atoms with Gasteiger partial charge in [-0.1, -0.05) is 18.2 Å². The van der Waals surface area contributed by atoms with Crippen LogP contribution in [0.15, 0.2) is 46.0 Å². The summed E-state index contributed by atoms with van der Waals surface area (Å²) in [5.41, 5.74) is 1.22. The molecule has 1 aliphatic heterocycles. The highest BCUT2D eigenvalue weighted by atomic mass is 32.2. The number of carbonyl (C=O) groups is 2. The predicted molar refractivity (Wildman–Crippen MR) is 101 cm³/mol. The zero-order chi connectivity index (χ0) is 18.6. The molecule has 1 aromatic carbocycles. The molecule has 26 heavy (non-hydrogen) atoms. The zero-order valence-electron chi connectivity index (χ0n) is 14.0. The summed E-state index contributed by atoms with van der Waals surface area (Å²) in [5.74, 6) is -0.284. The molecule has 2 amide bonds. The Labute approximate surface area is 156 Å². The van der Waals surface area contributed by atoms with Crippen molar-refractivity contribution in [1.29, 1.82) is 0 Å². The summed E-state index contributed by atoms with van der Waals surface area (Å²) < 4.78 is 26.7. The van der Waals surface area contributed by atoms with Gasteiger partial charge >= 0.3 is 0 Å². The second-order valence-corrected chi connectivity index (χ2v) is 8.74. The molecule has 7 nitrogen and oxygen atoms in total. The fourth-order valence-electron chi connectivity index (χ4n) is 2.72. The van der Waals surface area contributed by atoms with E-state index < -0.39 is 10.0 Å². The second-order valence-electron chi connectivity index (χ2n) is 5.79. The van der Waals surface area contributed by atoms with Gasteiger partial charge in [-0.2, -0.15) is 0 Å². The first-order valence-electron chi connectivity index (χ1n) is 8.20. The Bertz CT molecular complexity index is 894. The maximum absolute atomic E-state index is 12.2. The number of para-hydroxylation sites is 2. The van der Waals surface area contributed by atoms with Gasteiger partial charge < -0.3 is 10.2 Å². The molecular formula is C17H19N3O4S2. The van der Waals surface area contributed by atoms with Crippen molar-refractivity contribution < 1.29 is 18.0 Å². The summed E-state index contributed by atoms with van der Waals surface area (Å²) in [6.45, 7) is 0.628. The summed E-state index contributed by atoms with van der Waals surface area (Å²) in [6.07, 6.45) is 1.30. The van der Waals surface area contributed by atoms with Crippen molar-refractivity contribution in [1.82, 2.24) is 4.72 Å². The normalized spacial score (nSPS) is 14.6. The smallest absolute Gasteiger partial charge is 0.250 e. The van der Waals surface area contributed by atoms with Crippen molar-refractivity contribution in [2.75, 3.05) is 23.3 Å². The zero-order valence-corrected chi connectivity index (χ0v) is 15.6. The molecule has 2 N–H and O–H groups in total. The van der Waals surface area contributed by atoms with Gasteiger partial charge in [0, 0.05) is 25.9 Å². The minimum Gasteiger partial charge on any atom is -0.324 e. The number of hydrogen-bond donors (Lipinski definition) is 2. The molecule has 138 valence electrons. The number of thiophene rings is 1. The lowest BCUT2D eigenvalue weighted by molar-refractivity contribution is -0.117. The van der Waals surface area contributed by atoms with E-state index in [1.54, 1.807) is 34.5 Å². The predicted octanol–water partition coefficient (Wildman–Crippen LogP) is 2.18. The van der Waals surface area contributed by atoms with Crippen molar-refractivity contribution >= 4 is 44.5 Å². The SMILES string of the molecule is O=C(CCNS(=O)(=O)c1cccs1)Nc1ccccc1N1CCCC1=O. The molecule has 3 rings (SSSR count). The molecule has 0 aliphatic carbocycles. The van der Waals surface area contributed by atoms with Crippen molar-refractivity contribution in [3.05, 3.63) is 41.8 Å². The molecule has 2 aromatic rings. The molecule has 9 heteroatoms. The van der Waals surface area contributed by atoms with E-state index in [-0.39, 0.29) is 29.0 Å². The second kappa shape index (κ2) is 7.98. The van der Waals surface area contributed by atoms with Gasteiger partial charge in [-0.25, -0.2) is 13.1 Å². The number of carbonyl (C=O) groups excluding carboxylic acids is 2. The summed E-state index contributed by atoms with van der Waals surface area (Å²) in [6, 6.07) is 10.3. The summed E-state index contributed by atoms with van der Waals surface area (Å²) in [5, 5.41) is 4.44. The molecule has 0 unspecified atom stereocenters. The number of hydrogen-bond acceptors (Lipinski definition) is 5. The average molecular weight is 393 g/mol.